The second-order valence-corrected chi connectivity index (χ2v) is 9.67. The summed E-state index contributed by atoms with van der Waals surface area (Å²) in [5.41, 5.74) is 2.55. The topological polar surface area (TPSA) is 25.0 Å². The van der Waals surface area contributed by atoms with Crippen LogP contribution in [0, 0.1) is 28.1 Å². The molecule has 5 atom stereocenters. The molecule has 1 heterocycles. The van der Waals surface area contributed by atoms with E-state index < -0.39 is 0 Å². The molecule has 0 saturated heterocycles. The van der Waals surface area contributed by atoms with Crippen molar-refractivity contribution in [2.24, 2.45) is 28.1 Å². The van der Waals surface area contributed by atoms with Gasteiger partial charge in [0, 0.05) is 19.5 Å². The zero-order valence-corrected chi connectivity index (χ0v) is 16.6. The molecular weight excluding hydrogens is 294 g/mol. The summed E-state index contributed by atoms with van der Waals surface area (Å²) in [6.07, 6.45) is 12.4. The van der Waals surface area contributed by atoms with Gasteiger partial charge in [0.15, 0.2) is 0 Å². The second kappa shape index (κ2) is 6.20. The summed E-state index contributed by atoms with van der Waals surface area (Å²) in [5, 5.41) is 0. The number of aromatic amines is 1. The van der Waals surface area contributed by atoms with Gasteiger partial charge in [-0.2, -0.15) is 0 Å². The molecule has 3 rings (SSSR count). The molecule has 2 nitrogen and oxygen atoms in total. The third kappa shape index (κ3) is 2.57. The van der Waals surface area contributed by atoms with Crippen molar-refractivity contribution >= 4 is 0 Å². The van der Waals surface area contributed by atoms with Gasteiger partial charge in [0.2, 0.25) is 0 Å². The van der Waals surface area contributed by atoms with Crippen LogP contribution in [0.4, 0.5) is 0 Å². The molecule has 1 aromatic rings. The lowest BCUT2D eigenvalue weighted by Gasteiger charge is -2.65. The number of hydrogen-bond donors (Lipinski definition) is 1. The molecule has 2 aliphatic rings. The number of H-pyrrole nitrogens is 1. The first-order valence-electron chi connectivity index (χ1n) is 9.90. The van der Waals surface area contributed by atoms with Gasteiger partial charge in [0.25, 0.3) is 0 Å². The average Bonchev–Trinajstić information content (AvgIpc) is 3.04. The highest BCUT2D eigenvalue weighted by atomic mass is 16.5. The molecule has 24 heavy (non-hydrogen) atoms. The van der Waals surface area contributed by atoms with Crippen LogP contribution in [0.2, 0.25) is 0 Å². The lowest BCUT2D eigenvalue weighted by Crippen LogP contribution is -2.60. The Bertz CT molecular complexity index is 548. The van der Waals surface area contributed by atoms with Crippen molar-refractivity contribution in [1.82, 2.24) is 4.98 Å². The van der Waals surface area contributed by atoms with E-state index in [1.807, 2.05) is 7.11 Å². The molecule has 2 fully saturated rings. The summed E-state index contributed by atoms with van der Waals surface area (Å²) in [4.78, 5) is 3.22. The third-order valence-corrected chi connectivity index (χ3v) is 8.58. The Hall–Kier alpha value is -0.760. The van der Waals surface area contributed by atoms with Crippen LogP contribution >= 0.6 is 0 Å². The van der Waals surface area contributed by atoms with Crippen molar-refractivity contribution in [3.63, 3.8) is 0 Å². The van der Waals surface area contributed by atoms with Gasteiger partial charge in [-0.3, -0.25) is 0 Å². The molecule has 1 N–H and O–H groups in total. The van der Waals surface area contributed by atoms with Gasteiger partial charge in [-0.05, 0) is 78.2 Å². The molecule has 0 aromatic carbocycles. The molecule has 2 saturated carbocycles. The number of nitrogens with one attached hydrogen (secondary N) is 1. The number of aryl methyl sites for hydroxylation is 1. The number of rotatable bonds is 4. The summed E-state index contributed by atoms with van der Waals surface area (Å²) in [7, 11) is 1.91. The predicted molar refractivity (Wildman–Crippen MR) is 101 cm³/mol. The first kappa shape index (κ1) is 18.0. The summed E-state index contributed by atoms with van der Waals surface area (Å²) < 4.78 is 5.91. The quantitative estimate of drug-likeness (QED) is 0.736. The van der Waals surface area contributed by atoms with Crippen molar-refractivity contribution < 1.29 is 4.74 Å². The van der Waals surface area contributed by atoms with Gasteiger partial charge in [0.1, 0.15) is 0 Å². The Morgan fingerprint density at radius 1 is 1.17 bits per heavy atom. The largest absolute Gasteiger partial charge is 0.381 e. The van der Waals surface area contributed by atoms with Crippen LogP contribution in [0.3, 0.4) is 0 Å². The van der Waals surface area contributed by atoms with E-state index in [0.717, 1.165) is 11.8 Å². The lowest BCUT2D eigenvalue weighted by atomic mass is 9.40. The normalized spacial score (nSPS) is 41.8. The zero-order chi connectivity index (χ0) is 17.6. The molecule has 136 valence electrons. The first-order chi connectivity index (χ1) is 11.3. The van der Waals surface area contributed by atoms with Crippen LogP contribution in [0.5, 0.6) is 0 Å². The number of hydrogen-bond acceptors (Lipinski definition) is 1. The fraction of sp³-hybridized carbons (Fsp3) is 0.818. The number of fused-ring (bicyclic) bond motifs is 1. The lowest BCUT2D eigenvalue weighted by molar-refractivity contribution is -0.193. The molecule has 0 aliphatic heterocycles. The summed E-state index contributed by atoms with van der Waals surface area (Å²) in [6.45, 7) is 12.6. The molecule has 0 spiro atoms. The summed E-state index contributed by atoms with van der Waals surface area (Å²) >= 11 is 0. The SMILES string of the molecule is COC1CCC2(C)C(CCC(C)C2(C)CCc2cc[nH]c2)C1(C)C. The van der Waals surface area contributed by atoms with Crippen LogP contribution in [-0.2, 0) is 11.2 Å². The van der Waals surface area contributed by atoms with E-state index in [0.29, 0.717) is 16.9 Å². The second-order valence-electron chi connectivity index (χ2n) is 9.67. The number of ether oxygens (including phenoxy) is 1. The van der Waals surface area contributed by atoms with Gasteiger partial charge in [-0.1, -0.05) is 34.6 Å². The highest BCUT2D eigenvalue weighted by Gasteiger charge is 2.61. The Kier molecular flexibility index (Phi) is 4.66. The minimum atomic E-state index is 0.275. The van der Waals surface area contributed by atoms with Crippen molar-refractivity contribution in [2.45, 2.75) is 79.2 Å². The maximum atomic E-state index is 5.91. The van der Waals surface area contributed by atoms with Crippen LogP contribution in [0.25, 0.3) is 0 Å². The fourth-order valence-electron chi connectivity index (χ4n) is 6.57. The Balaban J connectivity index is 1.90. The van der Waals surface area contributed by atoms with Gasteiger partial charge in [-0.15, -0.1) is 0 Å². The molecule has 0 bridgehead atoms. The number of methoxy groups -OCH3 is 1. The van der Waals surface area contributed by atoms with Crippen LogP contribution in [-0.4, -0.2) is 18.2 Å². The van der Waals surface area contributed by atoms with Crippen LogP contribution < -0.4 is 0 Å². The van der Waals surface area contributed by atoms with E-state index in [9.17, 15) is 0 Å². The molecule has 1 aromatic heterocycles. The highest BCUT2D eigenvalue weighted by Crippen LogP contribution is 2.67. The van der Waals surface area contributed by atoms with Crippen LogP contribution in [0.15, 0.2) is 18.5 Å². The van der Waals surface area contributed by atoms with Crippen LogP contribution in [0.1, 0.15) is 72.3 Å². The van der Waals surface area contributed by atoms with E-state index in [1.54, 1.807) is 0 Å². The third-order valence-electron chi connectivity index (χ3n) is 8.58. The van der Waals surface area contributed by atoms with Gasteiger partial charge < -0.3 is 9.72 Å². The van der Waals surface area contributed by atoms with Crippen molar-refractivity contribution in [3.05, 3.63) is 24.0 Å². The molecule has 0 radical (unpaired) electrons. The van der Waals surface area contributed by atoms with Gasteiger partial charge in [-0.25, -0.2) is 0 Å². The van der Waals surface area contributed by atoms with E-state index >= 15 is 0 Å². The molecular formula is C22H37NO. The van der Waals surface area contributed by atoms with Gasteiger partial charge >= 0.3 is 0 Å². The Labute approximate surface area is 148 Å². The Morgan fingerprint density at radius 2 is 1.92 bits per heavy atom. The van der Waals surface area contributed by atoms with Crippen molar-refractivity contribution in [2.75, 3.05) is 7.11 Å². The van der Waals surface area contributed by atoms with E-state index in [-0.39, 0.29) is 5.41 Å². The molecule has 0 amide bonds. The summed E-state index contributed by atoms with van der Waals surface area (Å²) in [6, 6.07) is 2.24. The minimum absolute atomic E-state index is 0.275. The van der Waals surface area contributed by atoms with E-state index in [4.69, 9.17) is 4.74 Å². The first-order valence-corrected chi connectivity index (χ1v) is 9.90. The zero-order valence-electron chi connectivity index (χ0n) is 16.6. The molecule has 2 heteroatoms. The fourth-order valence-corrected chi connectivity index (χ4v) is 6.57. The van der Waals surface area contributed by atoms with E-state index in [2.05, 4.69) is 58.1 Å². The number of aromatic nitrogens is 1. The van der Waals surface area contributed by atoms with Gasteiger partial charge in [0.05, 0.1) is 6.10 Å². The maximum Gasteiger partial charge on any atom is 0.0625 e. The van der Waals surface area contributed by atoms with Crippen molar-refractivity contribution in [3.8, 4) is 0 Å². The highest BCUT2D eigenvalue weighted by molar-refractivity contribution is 5.13. The molecule has 5 unspecified atom stereocenters. The molecule has 2 aliphatic carbocycles. The van der Waals surface area contributed by atoms with Crippen molar-refractivity contribution in [1.29, 1.82) is 0 Å². The smallest absolute Gasteiger partial charge is 0.0625 e. The summed E-state index contributed by atoms with van der Waals surface area (Å²) in [5.74, 6) is 1.56. The predicted octanol–water partition coefficient (Wildman–Crippen LogP) is 5.84. The maximum absolute atomic E-state index is 5.91. The monoisotopic (exact) mass is 331 g/mol. The van der Waals surface area contributed by atoms with E-state index in [1.165, 1.54) is 44.1 Å². The average molecular weight is 332 g/mol. The standard InChI is InChI=1S/C22H37NO/c1-16-7-8-18-20(2,3)19(24-6)10-13-22(18,5)21(16,4)12-9-17-11-14-23-15-17/h11,14-16,18-19,23H,7-10,12-13H2,1-6H3. The minimum Gasteiger partial charge on any atom is -0.381 e. The Morgan fingerprint density at radius 3 is 2.54 bits per heavy atom.